The molecule has 1 atom stereocenters. The highest BCUT2D eigenvalue weighted by Crippen LogP contribution is 2.37. The molecule has 3 rings (SSSR count). The summed E-state index contributed by atoms with van der Waals surface area (Å²) in [4.78, 5) is 18.1. The topological polar surface area (TPSA) is 115 Å². The number of aromatic nitrogens is 1. The third-order valence-corrected chi connectivity index (χ3v) is 6.26. The maximum Gasteiger partial charge on any atom is 0.251 e. The van der Waals surface area contributed by atoms with Crippen molar-refractivity contribution in [1.29, 1.82) is 0 Å². The van der Waals surface area contributed by atoms with Crippen LogP contribution in [0.4, 0.5) is 10.8 Å². The average Bonchev–Trinajstić information content (AvgIpc) is 3.11. The first-order valence-electron chi connectivity index (χ1n) is 9.53. The third-order valence-electron chi connectivity index (χ3n) is 4.22. The number of nitrogens with one attached hydrogen (secondary N) is 1. The summed E-state index contributed by atoms with van der Waals surface area (Å²) in [7, 11) is -1.05. The van der Waals surface area contributed by atoms with Crippen LogP contribution < -0.4 is 11.1 Å². The van der Waals surface area contributed by atoms with E-state index in [9.17, 15) is 14.1 Å². The van der Waals surface area contributed by atoms with E-state index < -0.39 is 22.3 Å². The molecule has 1 unspecified atom stereocenters. The van der Waals surface area contributed by atoms with Crippen LogP contribution in [0.25, 0.3) is 10.4 Å². The Hall–Kier alpha value is -2.59. The number of nitrogens with zero attached hydrogens (tertiary/aromatic N) is 1. The number of nitrogens with two attached hydrogens (primary N) is 1. The molecule has 4 N–H and O–H groups in total. The standard InChI is InChI=1S/C22H25N3O4S2/c1-22(2,27)13-29-12-15-5-4-6-19(24-15)25-21-17(20(23)26)11-18(30-21)14-7-9-16(10-8-14)31(3)28/h4-11,27H,12-13H2,1-3H3,(H2,23,26)(H,24,25). The highest BCUT2D eigenvalue weighted by molar-refractivity contribution is 7.84. The molecule has 0 saturated heterocycles. The van der Waals surface area contributed by atoms with Gasteiger partial charge < -0.3 is 20.9 Å². The molecular weight excluding hydrogens is 434 g/mol. The van der Waals surface area contributed by atoms with Crippen LogP contribution in [0.5, 0.6) is 0 Å². The predicted octanol–water partition coefficient (Wildman–Crippen LogP) is 3.68. The van der Waals surface area contributed by atoms with Crippen molar-refractivity contribution < 1.29 is 18.8 Å². The van der Waals surface area contributed by atoms with E-state index in [1.807, 2.05) is 24.3 Å². The number of amides is 1. The van der Waals surface area contributed by atoms with E-state index in [1.165, 1.54) is 11.3 Å². The smallest absolute Gasteiger partial charge is 0.251 e. The molecule has 31 heavy (non-hydrogen) atoms. The molecule has 7 nitrogen and oxygen atoms in total. The molecule has 2 heterocycles. The second-order valence-corrected chi connectivity index (χ2v) is 10.1. The van der Waals surface area contributed by atoms with Crippen LogP contribution in [0.3, 0.4) is 0 Å². The lowest BCUT2D eigenvalue weighted by Crippen LogP contribution is -2.25. The van der Waals surface area contributed by atoms with Crippen molar-refractivity contribution in [2.24, 2.45) is 5.73 Å². The van der Waals surface area contributed by atoms with Gasteiger partial charge in [0.15, 0.2) is 0 Å². The van der Waals surface area contributed by atoms with Gasteiger partial charge in [-0.05, 0) is 49.7 Å². The van der Waals surface area contributed by atoms with Crippen LogP contribution in [0.1, 0.15) is 29.9 Å². The zero-order valence-electron chi connectivity index (χ0n) is 17.5. The molecule has 0 fully saturated rings. The van der Waals surface area contributed by atoms with Crippen molar-refractivity contribution in [3.8, 4) is 10.4 Å². The summed E-state index contributed by atoms with van der Waals surface area (Å²) in [6.45, 7) is 3.79. The summed E-state index contributed by atoms with van der Waals surface area (Å²) < 4.78 is 17.1. The third kappa shape index (κ3) is 6.44. The van der Waals surface area contributed by atoms with Gasteiger partial charge in [0.1, 0.15) is 10.8 Å². The molecule has 0 aliphatic heterocycles. The Kier molecular flexibility index (Phi) is 7.22. The van der Waals surface area contributed by atoms with Gasteiger partial charge in [-0.3, -0.25) is 9.00 Å². The van der Waals surface area contributed by atoms with E-state index in [4.69, 9.17) is 10.5 Å². The molecule has 0 spiro atoms. The lowest BCUT2D eigenvalue weighted by Gasteiger charge is -2.16. The quantitative estimate of drug-likeness (QED) is 0.450. The first kappa shape index (κ1) is 23.1. The molecule has 0 bridgehead atoms. The minimum Gasteiger partial charge on any atom is -0.388 e. The molecule has 0 saturated carbocycles. The molecule has 9 heteroatoms. The molecular formula is C22H25N3O4S2. The van der Waals surface area contributed by atoms with Crippen molar-refractivity contribution in [2.75, 3.05) is 18.2 Å². The number of benzene rings is 1. The van der Waals surface area contributed by atoms with E-state index in [0.717, 1.165) is 15.3 Å². The van der Waals surface area contributed by atoms with Gasteiger partial charge in [0.2, 0.25) is 0 Å². The summed E-state index contributed by atoms with van der Waals surface area (Å²) in [5.41, 5.74) is 6.63. The van der Waals surface area contributed by atoms with Crippen molar-refractivity contribution in [3.05, 3.63) is 59.8 Å². The largest absolute Gasteiger partial charge is 0.388 e. The zero-order valence-corrected chi connectivity index (χ0v) is 19.2. The molecule has 1 amide bonds. The Bertz CT molecular complexity index is 1090. The van der Waals surface area contributed by atoms with E-state index >= 15 is 0 Å². The Labute approximate surface area is 187 Å². The highest BCUT2D eigenvalue weighted by Gasteiger charge is 2.16. The van der Waals surface area contributed by atoms with Crippen LogP contribution >= 0.6 is 11.3 Å². The van der Waals surface area contributed by atoms with E-state index in [-0.39, 0.29) is 13.2 Å². The van der Waals surface area contributed by atoms with Gasteiger partial charge in [-0.1, -0.05) is 18.2 Å². The van der Waals surface area contributed by atoms with Crippen molar-refractivity contribution in [2.45, 2.75) is 31.0 Å². The average molecular weight is 460 g/mol. The number of anilines is 2. The summed E-state index contributed by atoms with van der Waals surface area (Å²) in [5.74, 6) is 0.0120. The number of rotatable bonds is 9. The monoisotopic (exact) mass is 459 g/mol. The Balaban J connectivity index is 1.80. The maximum absolute atomic E-state index is 12.0. The van der Waals surface area contributed by atoms with Gasteiger partial charge in [0.25, 0.3) is 5.91 Å². The van der Waals surface area contributed by atoms with Crippen LogP contribution in [-0.4, -0.2) is 38.7 Å². The number of hydrogen-bond acceptors (Lipinski definition) is 7. The number of carbonyl (C=O) groups excluding carboxylic acids is 1. The van der Waals surface area contributed by atoms with E-state index in [2.05, 4.69) is 10.3 Å². The minimum absolute atomic E-state index is 0.191. The number of aliphatic hydroxyl groups is 1. The normalized spacial score (nSPS) is 12.5. The first-order valence-corrected chi connectivity index (χ1v) is 11.9. The maximum atomic E-state index is 12.0. The van der Waals surface area contributed by atoms with Crippen LogP contribution in [0.15, 0.2) is 53.4 Å². The predicted molar refractivity (Wildman–Crippen MR) is 124 cm³/mol. The van der Waals surface area contributed by atoms with Gasteiger partial charge in [-0.2, -0.15) is 0 Å². The van der Waals surface area contributed by atoms with Crippen molar-refractivity contribution >= 4 is 38.9 Å². The number of carbonyl (C=O) groups is 1. The fourth-order valence-electron chi connectivity index (χ4n) is 2.77. The molecule has 3 aromatic rings. The fourth-order valence-corrected chi connectivity index (χ4v) is 4.37. The Morgan fingerprint density at radius 2 is 1.97 bits per heavy atom. The molecule has 2 aromatic heterocycles. The second kappa shape index (κ2) is 9.69. The summed E-state index contributed by atoms with van der Waals surface area (Å²) >= 11 is 1.38. The SMILES string of the molecule is CS(=O)c1ccc(-c2cc(C(N)=O)c(Nc3cccc(COCC(C)(C)O)n3)s2)cc1. The van der Waals surface area contributed by atoms with Gasteiger partial charge in [0, 0.05) is 26.8 Å². The van der Waals surface area contributed by atoms with Gasteiger partial charge in [-0.15, -0.1) is 11.3 Å². The number of ether oxygens (including phenoxy) is 1. The van der Waals surface area contributed by atoms with Gasteiger partial charge in [0.05, 0.1) is 30.1 Å². The number of primary amides is 1. The molecule has 164 valence electrons. The number of thiophene rings is 1. The fraction of sp³-hybridized carbons (Fsp3) is 0.273. The lowest BCUT2D eigenvalue weighted by atomic mass is 10.1. The van der Waals surface area contributed by atoms with E-state index in [0.29, 0.717) is 22.1 Å². The minimum atomic E-state index is -1.05. The van der Waals surface area contributed by atoms with Crippen molar-refractivity contribution in [1.82, 2.24) is 4.98 Å². The molecule has 0 aliphatic carbocycles. The van der Waals surface area contributed by atoms with Gasteiger partial charge >= 0.3 is 0 Å². The molecule has 1 aromatic carbocycles. The molecule has 0 aliphatic rings. The number of hydrogen-bond donors (Lipinski definition) is 3. The Morgan fingerprint density at radius 1 is 1.26 bits per heavy atom. The number of pyridine rings is 1. The van der Waals surface area contributed by atoms with Crippen molar-refractivity contribution in [3.63, 3.8) is 0 Å². The second-order valence-electron chi connectivity index (χ2n) is 7.64. The summed E-state index contributed by atoms with van der Waals surface area (Å²) in [5, 5.41) is 13.5. The zero-order chi connectivity index (χ0) is 22.6. The summed E-state index contributed by atoms with van der Waals surface area (Å²) in [6, 6.07) is 14.5. The van der Waals surface area contributed by atoms with Gasteiger partial charge in [-0.25, -0.2) is 4.98 Å². The Morgan fingerprint density at radius 3 is 2.58 bits per heavy atom. The van der Waals surface area contributed by atoms with Crippen LogP contribution in [0, 0.1) is 0 Å². The van der Waals surface area contributed by atoms with Crippen LogP contribution in [0.2, 0.25) is 0 Å². The van der Waals surface area contributed by atoms with Crippen LogP contribution in [-0.2, 0) is 22.1 Å². The van der Waals surface area contributed by atoms with E-state index in [1.54, 1.807) is 44.4 Å². The first-order chi connectivity index (χ1) is 14.6. The molecule has 0 radical (unpaired) electrons. The highest BCUT2D eigenvalue weighted by atomic mass is 32.2. The summed E-state index contributed by atoms with van der Waals surface area (Å²) in [6.07, 6.45) is 1.63. The lowest BCUT2D eigenvalue weighted by molar-refractivity contribution is -0.0276.